The maximum atomic E-state index is 13.1. The molecular weight excluding hydrogens is 372 g/mol. The monoisotopic (exact) mass is 394 g/mol. The van der Waals surface area contributed by atoms with E-state index in [-0.39, 0.29) is 23.1 Å². The first-order valence-corrected chi connectivity index (χ1v) is 11.3. The number of hydrogen-bond donors (Lipinski definition) is 0. The molecule has 0 radical (unpaired) electrons. The van der Waals surface area contributed by atoms with E-state index in [0.717, 1.165) is 24.9 Å². The molecule has 6 nitrogen and oxygen atoms in total. The molecule has 0 N–H and O–H groups in total. The molecule has 0 bridgehead atoms. The molecule has 0 amide bonds. The van der Waals surface area contributed by atoms with Crippen LogP contribution in [0.1, 0.15) is 30.0 Å². The summed E-state index contributed by atoms with van der Waals surface area (Å²) in [5.41, 5.74) is 1.63. The molecule has 2 saturated heterocycles. The highest BCUT2D eigenvalue weighted by Gasteiger charge is 2.54. The van der Waals surface area contributed by atoms with Crippen molar-refractivity contribution in [1.82, 2.24) is 9.29 Å². The van der Waals surface area contributed by atoms with Gasteiger partial charge >= 0.3 is 0 Å². The van der Waals surface area contributed by atoms with E-state index in [2.05, 4.69) is 16.0 Å². The van der Waals surface area contributed by atoms with Gasteiger partial charge in [-0.1, -0.05) is 30.3 Å². The summed E-state index contributed by atoms with van der Waals surface area (Å²) in [5, 5.41) is 9.22. The first-order valence-electron chi connectivity index (χ1n) is 9.75. The van der Waals surface area contributed by atoms with Crippen LogP contribution in [-0.4, -0.2) is 42.6 Å². The number of pyridine rings is 1. The molecular formula is C21H22N4O2S. The number of sulfonamides is 1. The Bertz CT molecular complexity index is 1030. The topological polar surface area (TPSA) is 77.3 Å². The van der Waals surface area contributed by atoms with E-state index in [9.17, 15) is 13.7 Å². The number of rotatable bonds is 4. The zero-order valence-electron chi connectivity index (χ0n) is 15.5. The molecule has 1 aliphatic carbocycles. The standard InChI is InChI=1S/C21H22N4O2S/c22-11-16-7-4-10-23-21(16)24-12-17-13-25(28(26,27)18-8-9-18)20(19(17)14-24)15-5-2-1-3-6-15/h1-7,10,17-20H,8-9,12-14H2/t17-,19-,20+/m0/s1. The normalized spacial score (nSPS) is 27.5. The van der Waals surface area contributed by atoms with Gasteiger partial charge in [-0.15, -0.1) is 0 Å². The Hall–Kier alpha value is -2.43. The molecule has 2 aromatic rings. The van der Waals surface area contributed by atoms with Gasteiger partial charge in [-0.3, -0.25) is 0 Å². The molecule has 3 heterocycles. The fourth-order valence-corrected chi connectivity index (χ4v) is 6.91. The maximum absolute atomic E-state index is 13.1. The predicted octanol–water partition coefficient (Wildman–Crippen LogP) is 2.55. The number of nitriles is 1. The van der Waals surface area contributed by atoms with E-state index in [1.54, 1.807) is 22.6 Å². The Morgan fingerprint density at radius 1 is 1.04 bits per heavy atom. The highest BCUT2D eigenvalue weighted by Crippen LogP contribution is 2.49. The van der Waals surface area contributed by atoms with Crippen LogP contribution in [-0.2, 0) is 10.0 Å². The van der Waals surface area contributed by atoms with Gasteiger partial charge < -0.3 is 4.90 Å². The third-order valence-corrected chi connectivity index (χ3v) is 8.59. The van der Waals surface area contributed by atoms with Gasteiger partial charge in [0.2, 0.25) is 10.0 Å². The molecule has 144 valence electrons. The number of benzene rings is 1. The van der Waals surface area contributed by atoms with Crippen LogP contribution in [0.3, 0.4) is 0 Å². The van der Waals surface area contributed by atoms with Crippen molar-refractivity contribution in [3.05, 3.63) is 59.8 Å². The molecule has 0 spiro atoms. The second-order valence-electron chi connectivity index (χ2n) is 7.98. The highest BCUT2D eigenvalue weighted by atomic mass is 32.2. The summed E-state index contributed by atoms with van der Waals surface area (Å²) in [6, 6.07) is 15.6. The minimum Gasteiger partial charge on any atom is -0.355 e. The molecule has 28 heavy (non-hydrogen) atoms. The van der Waals surface area contributed by atoms with E-state index in [1.807, 2.05) is 30.3 Å². The van der Waals surface area contributed by atoms with Gasteiger partial charge in [0, 0.05) is 31.7 Å². The molecule has 0 unspecified atom stereocenters. The van der Waals surface area contributed by atoms with Crippen LogP contribution in [0.5, 0.6) is 0 Å². The van der Waals surface area contributed by atoms with Crippen LogP contribution in [0.4, 0.5) is 5.82 Å². The SMILES string of the molecule is N#Cc1cccnc1N1C[C@H]2CN(S(=O)(=O)C3CC3)[C@H](c3ccccc3)[C@H]2C1. The molecule has 2 aliphatic heterocycles. The van der Waals surface area contributed by atoms with E-state index in [1.165, 1.54) is 0 Å². The Morgan fingerprint density at radius 3 is 2.54 bits per heavy atom. The lowest BCUT2D eigenvalue weighted by Gasteiger charge is -2.29. The molecule has 7 heteroatoms. The fraction of sp³-hybridized carbons (Fsp3) is 0.429. The molecule has 1 saturated carbocycles. The summed E-state index contributed by atoms with van der Waals surface area (Å²) in [5.74, 6) is 1.15. The van der Waals surface area contributed by atoms with Crippen molar-refractivity contribution in [3.8, 4) is 6.07 Å². The van der Waals surface area contributed by atoms with E-state index in [0.29, 0.717) is 24.5 Å². The first-order chi connectivity index (χ1) is 13.6. The average molecular weight is 395 g/mol. The largest absolute Gasteiger partial charge is 0.355 e. The number of fused-ring (bicyclic) bond motifs is 1. The van der Waals surface area contributed by atoms with Gasteiger partial charge in [0.05, 0.1) is 16.9 Å². The zero-order chi connectivity index (χ0) is 19.3. The van der Waals surface area contributed by atoms with E-state index >= 15 is 0 Å². The van der Waals surface area contributed by atoms with Crippen molar-refractivity contribution in [3.63, 3.8) is 0 Å². The maximum Gasteiger partial charge on any atom is 0.217 e. The number of hydrogen-bond acceptors (Lipinski definition) is 5. The van der Waals surface area contributed by atoms with E-state index < -0.39 is 10.0 Å². The van der Waals surface area contributed by atoms with Crippen LogP contribution >= 0.6 is 0 Å². The lowest BCUT2D eigenvalue weighted by atomic mass is 9.90. The quantitative estimate of drug-likeness (QED) is 0.796. The lowest BCUT2D eigenvalue weighted by molar-refractivity contribution is 0.349. The fourth-order valence-electron chi connectivity index (χ4n) is 4.80. The second-order valence-corrected chi connectivity index (χ2v) is 10.2. The first kappa shape index (κ1) is 17.7. The molecule has 1 aromatic heterocycles. The summed E-state index contributed by atoms with van der Waals surface area (Å²) >= 11 is 0. The smallest absolute Gasteiger partial charge is 0.217 e. The molecule has 3 aliphatic rings. The van der Waals surface area contributed by atoms with Crippen molar-refractivity contribution >= 4 is 15.8 Å². The van der Waals surface area contributed by atoms with Gasteiger partial charge in [0.25, 0.3) is 0 Å². The summed E-state index contributed by atoms with van der Waals surface area (Å²) in [7, 11) is -3.25. The molecule has 3 fully saturated rings. The number of nitrogens with zero attached hydrogens (tertiary/aromatic N) is 4. The molecule has 1 aromatic carbocycles. The zero-order valence-corrected chi connectivity index (χ0v) is 16.3. The highest BCUT2D eigenvalue weighted by molar-refractivity contribution is 7.90. The van der Waals surface area contributed by atoms with Crippen molar-refractivity contribution in [2.24, 2.45) is 11.8 Å². The summed E-state index contributed by atoms with van der Waals surface area (Å²) in [6.07, 6.45) is 3.27. The second kappa shape index (κ2) is 6.57. The van der Waals surface area contributed by atoms with Gasteiger partial charge in [0.15, 0.2) is 0 Å². The minimum absolute atomic E-state index is 0.143. The van der Waals surface area contributed by atoms with Crippen LogP contribution in [0.2, 0.25) is 0 Å². The summed E-state index contributed by atoms with van der Waals surface area (Å²) in [4.78, 5) is 6.59. The molecule has 3 atom stereocenters. The molecule has 5 rings (SSSR count). The van der Waals surface area contributed by atoms with Crippen LogP contribution in [0, 0.1) is 23.2 Å². The number of aromatic nitrogens is 1. The Balaban J connectivity index is 1.50. The minimum atomic E-state index is -3.25. The summed E-state index contributed by atoms with van der Waals surface area (Å²) in [6.45, 7) is 2.00. The lowest BCUT2D eigenvalue weighted by Crippen LogP contribution is -2.37. The van der Waals surface area contributed by atoms with E-state index in [4.69, 9.17) is 0 Å². The van der Waals surface area contributed by atoms with Crippen molar-refractivity contribution in [1.29, 1.82) is 5.26 Å². The van der Waals surface area contributed by atoms with Gasteiger partial charge in [-0.25, -0.2) is 13.4 Å². The average Bonchev–Trinajstić information content (AvgIpc) is 3.41. The van der Waals surface area contributed by atoms with Crippen LogP contribution in [0.25, 0.3) is 0 Å². The Kier molecular flexibility index (Phi) is 4.14. The third-order valence-electron chi connectivity index (χ3n) is 6.24. The van der Waals surface area contributed by atoms with Gasteiger partial charge in [-0.2, -0.15) is 9.57 Å². The Morgan fingerprint density at radius 2 is 1.82 bits per heavy atom. The van der Waals surface area contributed by atoms with Crippen molar-refractivity contribution in [2.75, 3.05) is 24.5 Å². The Labute approximate surface area is 165 Å². The van der Waals surface area contributed by atoms with Crippen LogP contribution in [0.15, 0.2) is 48.7 Å². The van der Waals surface area contributed by atoms with Gasteiger partial charge in [0.1, 0.15) is 11.9 Å². The third kappa shape index (κ3) is 2.79. The van der Waals surface area contributed by atoms with Crippen molar-refractivity contribution in [2.45, 2.75) is 24.1 Å². The van der Waals surface area contributed by atoms with Crippen molar-refractivity contribution < 1.29 is 8.42 Å². The summed E-state index contributed by atoms with van der Waals surface area (Å²) < 4.78 is 28.0. The predicted molar refractivity (Wildman–Crippen MR) is 106 cm³/mol. The van der Waals surface area contributed by atoms with Crippen LogP contribution < -0.4 is 4.90 Å². The van der Waals surface area contributed by atoms with Gasteiger partial charge in [-0.05, 0) is 36.5 Å². The number of anilines is 1.